The first-order valence-electron chi connectivity index (χ1n) is 10.6. The first-order chi connectivity index (χ1) is 15.8. The summed E-state index contributed by atoms with van der Waals surface area (Å²) in [5, 5.41) is 7.16. The number of nitrogens with one attached hydrogen (secondary N) is 3. The molecule has 1 heterocycles. The molecule has 0 aromatic heterocycles. The van der Waals surface area contributed by atoms with Gasteiger partial charge >= 0.3 is 0 Å². The number of likely N-dealkylation sites (tertiary alicyclic amines) is 1. The van der Waals surface area contributed by atoms with Crippen molar-refractivity contribution in [2.45, 2.75) is 43.0 Å². The Morgan fingerprint density at radius 2 is 1.61 bits per heavy atom. The third-order valence-electron chi connectivity index (χ3n) is 5.21. The highest BCUT2D eigenvalue weighted by Crippen LogP contribution is 2.14. The van der Waals surface area contributed by atoms with E-state index in [1.54, 1.807) is 6.26 Å². The van der Waals surface area contributed by atoms with Gasteiger partial charge in [-0.1, -0.05) is 30.3 Å². The second-order valence-electron chi connectivity index (χ2n) is 7.63. The number of rotatable bonds is 12. The normalized spacial score (nSPS) is 16.2. The van der Waals surface area contributed by atoms with E-state index in [0.29, 0.717) is 12.2 Å². The van der Waals surface area contributed by atoms with Crippen molar-refractivity contribution in [3.05, 3.63) is 35.9 Å². The summed E-state index contributed by atoms with van der Waals surface area (Å²) >= 11 is 5.66. The van der Waals surface area contributed by atoms with E-state index >= 15 is 0 Å². The molecule has 1 aliphatic heterocycles. The van der Waals surface area contributed by atoms with Crippen LogP contribution in [0.25, 0.3) is 0 Å². The monoisotopic (exact) mass is 494 g/mol. The SMILES string of the molecule is CNC(=O)[C@H](Cc1ccccc1)NC(=O)[C@H](CSC)NC(=O)[C@H](S)CCN1C(=O)CCC1=O. The van der Waals surface area contributed by atoms with Crippen molar-refractivity contribution in [1.82, 2.24) is 20.9 Å². The standard InChI is InChI=1S/C22H30N4O5S2/c1-23-20(29)15(12-14-6-4-3-5-7-14)24-21(30)16(13-33-2)25-22(31)17(32)10-11-26-18(27)8-9-19(26)28/h3-7,15-17,32H,8-13H2,1-2H3,(H,23,29)(H,24,30)(H,25,31)/t15-,16-,17+/m0/s1. The molecule has 1 saturated heterocycles. The average Bonchev–Trinajstić information content (AvgIpc) is 3.13. The summed E-state index contributed by atoms with van der Waals surface area (Å²) in [7, 11) is 1.50. The van der Waals surface area contributed by atoms with E-state index in [9.17, 15) is 24.0 Å². The fourth-order valence-corrected chi connectivity index (χ4v) is 4.14. The molecule has 2 rings (SSSR count). The molecule has 0 aliphatic carbocycles. The van der Waals surface area contributed by atoms with Gasteiger partial charge in [0.25, 0.3) is 0 Å². The van der Waals surface area contributed by atoms with Crippen molar-refractivity contribution >= 4 is 53.9 Å². The van der Waals surface area contributed by atoms with E-state index in [1.807, 2.05) is 30.3 Å². The Balaban J connectivity index is 1.97. The van der Waals surface area contributed by atoms with Gasteiger partial charge in [0.05, 0.1) is 5.25 Å². The van der Waals surface area contributed by atoms with Crippen molar-refractivity contribution in [2.75, 3.05) is 25.6 Å². The maximum atomic E-state index is 12.9. The van der Waals surface area contributed by atoms with Crippen LogP contribution in [-0.2, 0) is 30.4 Å². The second kappa shape index (κ2) is 13.2. The summed E-state index contributed by atoms with van der Waals surface area (Å²) in [4.78, 5) is 62.5. The lowest BCUT2D eigenvalue weighted by molar-refractivity contribution is -0.138. The van der Waals surface area contributed by atoms with E-state index in [0.717, 1.165) is 10.5 Å². The largest absolute Gasteiger partial charge is 0.357 e. The first-order valence-corrected chi connectivity index (χ1v) is 12.5. The fraction of sp³-hybridized carbons (Fsp3) is 0.500. The summed E-state index contributed by atoms with van der Waals surface area (Å²) in [5.41, 5.74) is 0.887. The molecule has 0 saturated carbocycles. The summed E-state index contributed by atoms with van der Waals surface area (Å²) in [6, 6.07) is 7.63. The van der Waals surface area contributed by atoms with E-state index in [1.165, 1.54) is 18.8 Å². The van der Waals surface area contributed by atoms with Crippen molar-refractivity contribution in [3.63, 3.8) is 0 Å². The number of thioether (sulfide) groups is 1. The molecule has 9 nitrogen and oxygen atoms in total. The Labute approximate surface area is 203 Å². The minimum absolute atomic E-state index is 0.106. The summed E-state index contributed by atoms with van der Waals surface area (Å²) in [6.07, 6.45) is 2.66. The number of likely N-dealkylation sites (N-methyl/N-ethyl adjacent to an activating group) is 1. The van der Waals surface area contributed by atoms with Crippen molar-refractivity contribution in [1.29, 1.82) is 0 Å². The second-order valence-corrected chi connectivity index (χ2v) is 9.16. The van der Waals surface area contributed by atoms with E-state index in [4.69, 9.17) is 0 Å². The number of carbonyl (C=O) groups excluding carboxylic acids is 5. The molecule has 3 atom stereocenters. The van der Waals surface area contributed by atoms with Crippen LogP contribution < -0.4 is 16.0 Å². The third kappa shape index (κ3) is 8.08. The maximum absolute atomic E-state index is 12.9. The molecule has 1 aromatic carbocycles. The smallest absolute Gasteiger partial charge is 0.244 e. The lowest BCUT2D eigenvalue weighted by atomic mass is 10.0. The highest BCUT2D eigenvalue weighted by molar-refractivity contribution is 7.98. The molecule has 0 spiro atoms. The number of hydrogen-bond donors (Lipinski definition) is 4. The first kappa shape index (κ1) is 26.7. The van der Waals surface area contributed by atoms with Crippen LogP contribution in [0.4, 0.5) is 0 Å². The Morgan fingerprint density at radius 3 is 2.18 bits per heavy atom. The molecular formula is C22H30N4O5S2. The number of carbonyl (C=O) groups is 5. The average molecular weight is 495 g/mol. The fourth-order valence-electron chi connectivity index (χ4n) is 3.38. The van der Waals surface area contributed by atoms with E-state index in [2.05, 4.69) is 28.6 Å². The van der Waals surface area contributed by atoms with Gasteiger partial charge in [-0.25, -0.2) is 0 Å². The highest BCUT2D eigenvalue weighted by atomic mass is 32.2. The molecule has 11 heteroatoms. The number of imide groups is 1. The number of hydrogen-bond acceptors (Lipinski definition) is 7. The van der Waals surface area contributed by atoms with Crippen LogP contribution in [-0.4, -0.2) is 77.4 Å². The van der Waals surface area contributed by atoms with Gasteiger partial charge in [0.15, 0.2) is 0 Å². The van der Waals surface area contributed by atoms with Gasteiger partial charge in [0.1, 0.15) is 12.1 Å². The van der Waals surface area contributed by atoms with Gasteiger partial charge in [0.2, 0.25) is 29.5 Å². The quantitative estimate of drug-likeness (QED) is 0.242. The topological polar surface area (TPSA) is 125 Å². The molecule has 3 N–H and O–H groups in total. The van der Waals surface area contributed by atoms with E-state index < -0.39 is 29.1 Å². The zero-order valence-corrected chi connectivity index (χ0v) is 20.4. The Kier molecular flexibility index (Phi) is 10.7. The van der Waals surface area contributed by atoms with Gasteiger partial charge in [-0.2, -0.15) is 24.4 Å². The summed E-state index contributed by atoms with van der Waals surface area (Å²) in [5.74, 6) is -1.50. The van der Waals surface area contributed by atoms with Gasteiger partial charge in [-0.05, 0) is 18.2 Å². The zero-order chi connectivity index (χ0) is 24.4. The minimum atomic E-state index is -0.875. The predicted octanol–water partition coefficient (Wildman–Crippen LogP) is 0.145. The molecule has 0 bridgehead atoms. The van der Waals surface area contributed by atoms with Crippen LogP contribution >= 0.6 is 24.4 Å². The van der Waals surface area contributed by atoms with Crippen molar-refractivity contribution in [3.8, 4) is 0 Å². The van der Waals surface area contributed by atoms with Crippen LogP contribution in [0.15, 0.2) is 30.3 Å². The molecule has 0 unspecified atom stereocenters. The van der Waals surface area contributed by atoms with E-state index in [-0.39, 0.29) is 43.5 Å². The van der Waals surface area contributed by atoms with Gasteiger partial charge in [-0.15, -0.1) is 0 Å². The Bertz CT molecular complexity index is 852. The lowest BCUT2D eigenvalue weighted by Gasteiger charge is -2.24. The van der Waals surface area contributed by atoms with Crippen LogP contribution in [0.2, 0.25) is 0 Å². The molecule has 1 fully saturated rings. The van der Waals surface area contributed by atoms with Gasteiger partial charge in [0, 0.05) is 38.6 Å². The minimum Gasteiger partial charge on any atom is -0.357 e. The highest BCUT2D eigenvalue weighted by Gasteiger charge is 2.31. The van der Waals surface area contributed by atoms with Gasteiger partial charge in [-0.3, -0.25) is 28.9 Å². The lowest BCUT2D eigenvalue weighted by Crippen LogP contribution is -2.55. The van der Waals surface area contributed by atoms with Gasteiger partial charge < -0.3 is 16.0 Å². The summed E-state index contributed by atoms with van der Waals surface area (Å²) < 4.78 is 0. The molecule has 1 aliphatic rings. The maximum Gasteiger partial charge on any atom is 0.244 e. The predicted molar refractivity (Wildman–Crippen MR) is 130 cm³/mol. The third-order valence-corrected chi connectivity index (χ3v) is 6.37. The summed E-state index contributed by atoms with van der Waals surface area (Å²) in [6.45, 7) is 0.106. The van der Waals surface area contributed by atoms with Crippen molar-refractivity contribution in [2.24, 2.45) is 0 Å². The molecule has 0 radical (unpaired) electrons. The van der Waals surface area contributed by atoms with Crippen LogP contribution in [0.1, 0.15) is 24.8 Å². The molecular weight excluding hydrogens is 464 g/mol. The Hall–Kier alpha value is -2.53. The zero-order valence-electron chi connectivity index (χ0n) is 18.7. The molecule has 33 heavy (non-hydrogen) atoms. The molecule has 5 amide bonds. The molecule has 1 aromatic rings. The van der Waals surface area contributed by atoms with Crippen molar-refractivity contribution < 1.29 is 24.0 Å². The Morgan fingerprint density at radius 1 is 1.00 bits per heavy atom. The number of thiol groups is 1. The van der Waals surface area contributed by atoms with Crippen LogP contribution in [0.5, 0.6) is 0 Å². The molecule has 180 valence electrons. The number of nitrogens with zero attached hydrogens (tertiary/aromatic N) is 1. The number of amides is 5. The van der Waals surface area contributed by atoms with Crippen LogP contribution in [0, 0.1) is 0 Å². The number of benzene rings is 1. The van der Waals surface area contributed by atoms with Crippen LogP contribution in [0.3, 0.4) is 0 Å².